The quantitative estimate of drug-likeness (QED) is 0.724. The molecule has 26 heavy (non-hydrogen) atoms. The van der Waals surface area contributed by atoms with E-state index in [2.05, 4.69) is 28.9 Å². The fraction of sp³-hybridized carbons (Fsp3) is 0.278. The number of methoxy groups -OCH3 is 1. The molecule has 0 bridgehead atoms. The molecule has 3 aromatic rings. The highest BCUT2D eigenvalue weighted by molar-refractivity contribution is 5.73. The summed E-state index contributed by atoms with van der Waals surface area (Å²) in [6.45, 7) is 4.16. The van der Waals surface area contributed by atoms with E-state index in [0.29, 0.717) is 11.5 Å². The number of nitrogen functional groups attached to an aromatic ring is 2. The first-order valence-corrected chi connectivity index (χ1v) is 8.15. The number of aromatic nitrogens is 4. The predicted molar refractivity (Wildman–Crippen MR) is 100 cm³/mol. The molecule has 0 saturated carbocycles. The zero-order chi connectivity index (χ0) is 18.8. The second kappa shape index (κ2) is 6.91. The molecule has 0 aliphatic heterocycles. The largest absolute Gasteiger partial charge is 0.496 e. The standard InChI is InChI=1S/C18H22N6O2/c1-10(2)12-5-14(25-4)13(11-7-22-24(3)9-11)6-15(12)26-16-8-21-18(20)23-17(16)19/h5-10H,1-4H3,(H4,19,20,21,23). The molecular formula is C18H22N6O2. The van der Waals surface area contributed by atoms with Gasteiger partial charge < -0.3 is 20.9 Å². The van der Waals surface area contributed by atoms with E-state index in [0.717, 1.165) is 22.4 Å². The van der Waals surface area contributed by atoms with Gasteiger partial charge in [0.1, 0.15) is 11.5 Å². The van der Waals surface area contributed by atoms with Crippen LogP contribution >= 0.6 is 0 Å². The third kappa shape index (κ3) is 3.39. The fourth-order valence-electron chi connectivity index (χ4n) is 2.67. The van der Waals surface area contributed by atoms with Gasteiger partial charge in [-0.25, -0.2) is 4.98 Å². The Labute approximate surface area is 151 Å². The SMILES string of the molecule is COc1cc(C(C)C)c(Oc2cnc(N)nc2N)cc1-c1cnn(C)c1. The lowest BCUT2D eigenvalue weighted by Crippen LogP contribution is -2.03. The molecular weight excluding hydrogens is 332 g/mol. The van der Waals surface area contributed by atoms with Gasteiger partial charge in [0.25, 0.3) is 0 Å². The Hall–Kier alpha value is -3.29. The Bertz CT molecular complexity index is 935. The summed E-state index contributed by atoms with van der Waals surface area (Å²) in [5.74, 6) is 2.24. The van der Waals surface area contributed by atoms with Crippen LogP contribution in [0.4, 0.5) is 11.8 Å². The molecule has 0 aliphatic carbocycles. The van der Waals surface area contributed by atoms with Gasteiger partial charge in [0.05, 0.1) is 19.5 Å². The van der Waals surface area contributed by atoms with Gasteiger partial charge in [-0.15, -0.1) is 0 Å². The predicted octanol–water partition coefficient (Wildman–Crippen LogP) is 2.97. The maximum absolute atomic E-state index is 6.04. The second-order valence-corrected chi connectivity index (χ2v) is 6.23. The van der Waals surface area contributed by atoms with Crippen molar-refractivity contribution in [2.45, 2.75) is 19.8 Å². The Morgan fingerprint density at radius 1 is 1.08 bits per heavy atom. The molecule has 8 heteroatoms. The van der Waals surface area contributed by atoms with E-state index < -0.39 is 0 Å². The summed E-state index contributed by atoms with van der Waals surface area (Å²) >= 11 is 0. The van der Waals surface area contributed by atoms with Crippen LogP contribution in [0.3, 0.4) is 0 Å². The van der Waals surface area contributed by atoms with Crippen LogP contribution in [0.15, 0.2) is 30.7 Å². The fourth-order valence-corrected chi connectivity index (χ4v) is 2.67. The van der Waals surface area contributed by atoms with Crippen molar-refractivity contribution < 1.29 is 9.47 Å². The molecule has 0 unspecified atom stereocenters. The summed E-state index contributed by atoms with van der Waals surface area (Å²) in [5, 5.41) is 4.23. The van der Waals surface area contributed by atoms with Crippen molar-refractivity contribution in [2.75, 3.05) is 18.6 Å². The zero-order valence-corrected chi connectivity index (χ0v) is 15.2. The molecule has 0 aliphatic rings. The molecule has 0 saturated heterocycles. The van der Waals surface area contributed by atoms with Crippen LogP contribution in [0.1, 0.15) is 25.3 Å². The monoisotopic (exact) mass is 354 g/mol. The molecule has 2 heterocycles. The molecule has 2 aromatic heterocycles. The number of anilines is 2. The minimum atomic E-state index is 0.102. The van der Waals surface area contributed by atoms with Crippen LogP contribution in [0.25, 0.3) is 11.1 Å². The van der Waals surface area contributed by atoms with Gasteiger partial charge >= 0.3 is 0 Å². The van der Waals surface area contributed by atoms with E-state index in [-0.39, 0.29) is 17.7 Å². The highest BCUT2D eigenvalue weighted by Gasteiger charge is 2.18. The lowest BCUT2D eigenvalue weighted by Gasteiger charge is -2.18. The van der Waals surface area contributed by atoms with E-state index in [1.54, 1.807) is 18.0 Å². The Kier molecular flexibility index (Phi) is 4.66. The number of benzene rings is 1. The summed E-state index contributed by atoms with van der Waals surface area (Å²) in [4.78, 5) is 7.90. The molecule has 8 nitrogen and oxygen atoms in total. The normalized spacial score (nSPS) is 11.0. The van der Waals surface area contributed by atoms with Crippen molar-refractivity contribution in [3.8, 4) is 28.4 Å². The smallest absolute Gasteiger partial charge is 0.222 e. The van der Waals surface area contributed by atoms with E-state index in [4.69, 9.17) is 20.9 Å². The Morgan fingerprint density at radius 3 is 2.42 bits per heavy atom. The number of hydrogen-bond acceptors (Lipinski definition) is 7. The van der Waals surface area contributed by atoms with E-state index in [9.17, 15) is 0 Å². The first-order valence-electron chi connectivity index (χ1n) is 8.15. The number of aryl methyl sites for hydroxylation is 1. The molecule has 0 atom stereocenters. The van der Waals surface area contributed by atoms with Crippen LogP contribution in [-0.2, 0) is 7.05 Å². The summed E-state index contributed by atoms with van der Waals surface area (Å²) in [5.41, 5.74) is 14.2. The average Bonchev–Trinajstić information content (AvgIpc) is 3.03. The number of ether oxygens (including phenoxy) is 2. The van der Waals surface area contributed by atoms with Gasteiger partial charge in [-0.05, 0) is 18.1 Å². The molecule has 0 spiro atoms. The molecule has 0 radical (unpaired) electrons. The number of nitrogens with zero attached hydrogens (tertiary/aromatic N) is 4. The lowest BCUT2D eigenvalue weighted by molar-refractivity contribution is 0.412. The van der Waals surface area contributed by atoms with Gasteiger partial charge in [0.15, 0.2) is 11.6 Å². The van der Waals surface area contributed by atoms with Gasteiger partial charge in [0, 0.05) is 29.9 Å². The highest BCUT2D eigenvalue weighted by Crippen LogP contribution is 2.41. The Morgan fingerprint density at radius 2 is 1.85 bits per heavy atom. The molecule has 0 fully saturated rings. The Balaban J connectivity index is 2.12. The number of rotatable bonds is 5. The van der Waals surface area contributed by atoms with Gasteiger partial charge in [0.2, 0.25) is 5.95 Å². The van der Waals surface area contributed by atoms with Gasteiger partial charge in [-0.3, -0.25) is 4.68 Å². The number of hydrogen-bond donors (Lipinski definition) is 2. The molecule has 4 N–H and O–H groups in total. The van der Waals surface area contributed by atoms with Crippen molar-refractivity contribution in [1.82, 2.24) is 19.7 Å². The lowest BCUT2D eigenvalue weighted by atomic mass is 9.97. The summed E-state index contributed by atoms with van der Waals surface area (Å²) < 4.78 is 13.4. The molecule has 136 valence electrons. The third-order valence-electron chi connectivity index (χ3n) is 3.99. The van der Waals surface area contributed by atoms with Crippen molar-refractivity contribution in [3.05, 3.63) is 36.3 Å². The summed E-state index contributed by atoms with van der Waals surface area (Å²) in [7, 11) is 3.51. The summed E-state index contributed by atoms with van der Waals surface area (Å²) in [6, 6.07) is 3.89. The van der Waals surface area contributed by atoms with E-state index >= 15 is 0 Å². The molecule has 1 aromatic carbocycles. The van der Waals surface area contributed by atoms with Crippen LogP contribution in [0.5, 0.6) is 17.2 Å². The van der Waals surface area contributed by atoms with Crippen LogP contribution in [0, 0.1) is 0 Å². The summed E-state index contributed by atoms with van der Waals surface area (Å²) in [6.07, 6.45) is 5.16. The maximum Gasteiger partial charge on any atom is 0.222 e. The first kappa shape index (κ1) is 17.5. The highest BCUT2D eigenvalue weighted by atomic mass is 16.5. The van der Waals surface area contributed by atoms with Crippen molar-refractivity contribution in [2.24, 2.45) is 7.05 Å². The van der Waals surface area contributed by atoms with Crippen molar-refractivity contribution in [3.63, 3.8) is 0 Å². The van der Waals surface area contributed by atoms with E-state index in [1.165, 1.54) is 6.20 Å². The zero-order valence-electron chi connectivity index (χ0n) is 15.2. The third-order valence-corrected chi connectivity index (χ3v) is 3.99. The topological polar surface area (TPSA) is 114 Å². The van der Waals surface area contributed by atoms with Crippen LogP contribution < -0.4 is 20.9 Å². The van der Waals surface area contributed by atoms with Crippen LogP contribution in [0.2, 0.25) is 0 Å². The maximum atomic E-state index is 6.04. The van der Waals surface area contributed by atoms with Crippen molar-refractivity contribution in [1.29, 1.82) is 0 Å². The number of nitrogens with two attached hydrogens (primary N) is 2. The van der Waals surface area contributed by atoms with Crippen molar-refractivity contribution >= 4 is 11.8 Å². The van der Waals surface area contributed by atoms with E-state index in [1.807, 2.05) is 25.4 Å². The molecule has 3 rings (SSSR count). The second-order valence-electron chi connectivity index (χ2n) is 6.23. The first-order chi connectivity index (χ1) is 12.4. The molecule has 0 amide bonds. The van der Waals surface area contributed by atoms with Crippen LogP contribution in [-0.4, -0.2) is 26.9 Å². The minimum Gasteiger partial charge on any atom is -0.496 e. The minimum absolute atomic E-state index is 0.102. The average molecular weight is 354 g/mol. The van der Waals surface area contributed by atoms with Gasteiger partial charge in [-0.1, -0.05) is 13.8 Å². The van der Waals surface area contributed by atoms with Gasteiger partial charge in [-0.2, -0.15) is 10.1 Å².